The van der Waals surface area contributed by atoms with Crippen LogP contribution in [0.1, 0.15) is 57.7 Å². The molecule has 1 aliphatic carbocycles. The smallest absolute Gasteiger partial charge is 0.377 e. The Hall–Kier alpha value is -4.05. The second-order valence-corrected chi connectivity index (χ2v) is 12.1. The first-order valence-electron chi connectivity index (χ1n) is 15.1. The molecule has 2 aromatic carbocycles. The van der Waals surface area contributed by atoms with E-state index in [0.717, 1.165) is 60.1 Å². The highest BCUT2D eigenvalue weighted by molar-refractivity contribution is 6.36. The van der Waals surface area contributed by atoms with Gasteiger partial charge in [-0.2, -0.15) is 9.36 Å². The number of ether oxygens (including phenoxy) is 1. The van der Waals surface area contributed by atoms with Crippen molar-refractivity contribution < 1.29 is 9.53 Å². The molecule has 242 valence electrons. The number of halogens is 3. The van der Waals surface area contributed by atoms with Crippen molar-refractivity contribution in [3.8, 4) is 29.5 Å². The van der Waals surface area contributed by atoms with E-state index < -0.39 is 11.7 Å². The fourth-order valence-electron chi connectivity index (χ4n) is 5.67. The standard InChI is InChI=1S/C16H20ClN5O2.C15H13Cl2N3O2/c1-2-20(12-8-4-3-5-9-12)15(23)22-16(24)21(18-19-22)14-11-7-6-10-13(14)17;1-2-7-22-13-9-12(10(16)8-11(13)17)20-15(21)19-6-4-3-5-14(19)18-20/h6-7,10-12H,2-5,8-9H2,1H3;1,8-9H,3-7H2. The van der Waals surface area contributed by atoms with Crippen LogP contribution in [-0.2, 0) is 13.0 Å². The van der Waals surface area contributed by atoms with Gasteiger partial charge in [-0.3, -0.25) is 4.57 Å². The van der Waals surface area contributed by atoms with Crippen LogP contribution in [0.25, 0.3) is 11.4 Å². The largest absolute Gasteiger partial charge is 0.479 e. The lowest BCUT2D eigenvalue weighted by molar-refractivity contribution is 0.157. The number of rotatable bonds is 6. The van der Waals surface area contributed by atoms with Crippen molar-refractivity contribution >= 4 is 40.8 Å². The van der Waals surface area contributed by atoms with Crippen LogP contribution in [0, 0.1) is 12.3 Å². The molecule has 46 heavy (non-hydrogen) atoms. The van der Waals surface area contributed by atoms with Gasteiger partial charge in [0.15, 0.2) is 0 Å². The molecule has 2 aromatic heterocycles. The molecule has 0 saturated heterocycles. The number of nitrogens with zero attached hydrogens (tertiary/aromatic N) is 8. The Labute approximate surface area is 280 Å². The van der Waals surface area contributed by atoms with E-state index in [1.165, 1.54) is 17.2 Å². The van der Waals surface area contributed by atoms with Gasteiger partial charge < -0.3 is 9.64 Å². The number of tetrazole rings is 1. The summed E-state index contributed by atoms with van der Waals surface area (Å²) in [6.07, 6.45) is 13.3. The SMILES string of the molecule is C#CCOc1cc(-n2nc3n(c2=O)CCCC3)c(Cl)cc1Cl.CCN(C(=O)n1nnn(-c2ccccc2Cl)c1=O)C1CCCCC1. The maximum Gasteiger partial charge on any atom is 0.377 e. The molecule has 0 atom stereocenters. The Morgan fingerprint density at radius 2 is 1.72 bits per heavy atom. The summed E-state index contributed by atoms with van der Waals surface area (Å²) in [6.45, 7) is 3.21. The first-order valence-corrected chi connectivity index (χ1v) is 16.2. The van der Waals surface area contributed by atoms with Gasteiger partial charge in [0.2, 0.25) is 0 Å². The zero-order valence-corrected chi connectivity index (χ0v) is 27.5. The highest BCUT2D eigenvalue weighted by atomic mass is 35.5. The number of aryl methyl sites for hydroxylation is 1. The third kappa shape index (κ3) is 7.02. The molecule has 1 fully saturated rings. The molecule has 1 aliphatic heterocycles. The van der Waals surface area contributed by atoms with Crippen LogP contribution in [0.15, 0.2) is 46.0 Å². The Bertz CT molecular complexity index is 1870. The Morgan fingerprint density at radius 1 is 0.957 bits per heavy atom. The maximum absolute atomic E-state index is 12.8. The summed E-state index contributed by atoms with van der Waals surface area (Å²) >= 11 is 18.4. The molecule has 0 N–H and O–H groups in total. The highest BCUT2D eigenvalue weighted by Gasteiger charge is 2.28. The lowest BCUT2D eigenvalue weighted by Crippen LogP contribution is -2.46. The maximum atomic E-state index is 12.8. The number of fused-ring (bicyclic) bond motifs is 1. The molecule has 2 aliphatic rings. The minimum Gasteiger partial charge on any atom is -0.479 e. The zero-order chi connectivity index (χ0) is 32.8. The van der Waals surface area contributed by atoms with E-state index in [0.29, 0.717) is 45.3 Å². The number of amides is 1. The number of benzene rings is 2. The van der Waals surface area contributed by atoms with Crippen molar-refractivity contribution in [2.24, 2.45) is 0 Å². The topological polar surface area (TPSA) is 122 Å². The Balaban J connectivity index is 0.000000182. The third-order valence-electron chi connectivity index (χ3n) is 7.96. The predicted octanol–water partition coefficient (Wildman–Crippen LogP) is 5.39. The molecular formula is C31H33Cl3N8O4. The number of carbonyl (C=O) groups excluding carboxylic acids is 1. The van der Waals surface area contributed by atoms with Crippen LogP contribution in [0.5, 0.6) is 5.75 Å². The lowest BCUT2D eigenvalue weighted by atomic mass is 9.94. The fourth-order valence-corrected chi connectivity index (χ4v) is 6.41. The lowest BCUT2D eigenvalue weighted by Gasteiger charge is -2.32. The van der Waals surface area contributed by atoms with Crippen molar-refractivity contribution in [3.05, 3.63) is 78.3 Å². The van der Waals surface area contributed by atoms with E-state index in [4.69, 9.17) is 46.0 Å². The molecule has 0 radical (unpaired) electrons. The molecule has 6 rings (SSSR count). The van der Waals surface area contributed by atoms with E-state index in [1.807, 2.05) is 6.92 Å². The number of hydrogen-bond donors (Lipinski definition) is 0. The first-order chi connectivity index (χ1) is 22.2. The van der Waals surface area contributed by atoms with Crippen LogP contribution in [0.2, 0.25) is 15.1 Å². The molecule has 0 bridgehead atoms. The van der Waals surface area contributed by atoms with Crippen LogP contribution in [-0.4, -0.2) is 64.3 Å². The summed E-state index contributed by atoms with van der Waals surface area (Å²) in [5, 5.41) is 13.0. The summed E-state index contributed by atoms with van der Waals surface area (Å²) in [4.78, 5) is 39.5. The van der Waals surface area contributed by atoms with Crippen molar-refractivity contribution in [3.63, 3.8) is 0 Å². The molecule has 3 heterocycles. The number of aromatic nitrogens is 7. The summed E-state index contributed by atoms with van der Waals surface area (Å²) in [5.74, 6) is 3.51. The van der Waals surface area contributed by atoms with E-state index in [-0.39, 0.29) is 18.3 Å². The van der Waals surface area contributed by atoms with Crippen molar-refractivity contribution in [1.82, 2.24) is 39.0 Å². The molecule has 0 unspecified atom stereocenters. The minimum atomic E-state index is -0.609. The molecule has 4 aromatic rings. The number of hydrogen-bond acceptors (Lipinski definition) is 7. The van der Waals surface area contributed by atoms with Crippen LogP contribution in [0.3, 0.4) is 0 Å². The van der Waals surface area contributed by atoms with Gasteiger partial charge in [0.05, 0.1) is 26.4 Å². The second kappa shape index (κ2) is 15.0. The van der Waals surface area contributed by atoms with Crippen LogP contribution < -0.4 is 16.1 Å². The average molecular weight is 688 g/mol. The fraction of sp³-hybridized carbons (Fsp3) is 0.419. The van der Waals surface area contributed by atoms with Crippen LogP contribution in [0.4, 0.5) is 4.79 Å². The molecule has 1 amide bonds. The van der Waals surface area contributed by atoms with Gasteiger partial charge in [-0.1, -0.05) is 72.1 Å². The summed E-state index contributed by atoms with van der Waals surface area (Å²) in [6, 6.07) is 9.67. The second-order valence-electron chi connectivity index (χ2n) is 10.8. The van der Waals surface area contributed by atoms with E-state index in [9.17, 15) is 14.4 Å². The quantitative estimate of drug-likeness (QED) is 0.197. The Kier molecular flexibility index (Phi) is 10.9. The van der Waals surface area contributed by atoms with Gasteiger partial charge >= 0.3 is 17.4 Å². The molecule has 12 nitrogen and oxygen atoms in total. The molecular weight excluding hydrogens is 655 g/mol. The summed E-state index contributed by atoms with van der Waals surface area (Å²) < 4.78 is 10.2. The summed E-state index contributed by atoms with van der Waals surface area (Å²) in [5.41, 5.74) is 0.0260. The van der Waals surface area contributed by atoms with Gasteiger partial charge in [0, 0.05) is 31.6 Å². The summed E-state index contributed by atoms with van der Waals surface area (Å²) in [7, 11) is 0. The van der Waals surface area contributed by atoms with Gasteiger partial charge in [0.25, 0.3) is 0 Å². The van der Waals surface area contributed by atoms with Gasteiger partial charge in [-0.25, -0.2) is 14.4 Å². The van der Waals surface area contributed by atoms with Crippen molar-refractivity contribution in [2.75, 3.05) is 13.2 Å². The van der Waals surface area contributed by atoms with Crippen molar-refractivity contribution in [1.29, 1.82) is 0 Å². The zero-order valence-electron chi connectivity index (χ0n) is 25.2. The number of para-hydroxylation sites is 1. The van der Waals surface area contributed by atoms with Gasteiger partial charge in [-0.15, -0.1) is 16.2 Å². The number of terminal acetylenes is 1. The predicted molar refractivity (Wildman–Crippen MR) is 176 cm³/mol. The van der Waals surface area contributed by atoms with Gasteiger partial charge in [-0.05, 0) is 61.2 Å². The normalized spacial score (nSPS) is 14.5. The third-order valence-corrected chi connectivity index (χ3v) is 8.87. The van der Waals surface area contributed by atoms with Crippen molar-refractivity contribution in [2.45, 2.75) is 70.9 Å². The van der Waals surface area contributed by atoms with E-state index in [1.54, 1.807) is 39.8 Å². The van der Waals surface area contributed by atoms with E-state index in [2.05, 4.69) is 21.4 Å². The minimum absolute atomic E-state index is 0.0788. The molecule has 0 spiro atoms. The molecule has 15 heteroatoms. The highest BCUT2D eigenvalue weighted by Crippen LogP contribution is 2.33. The first kappa shape index (κ1) is 33.3. The Morgan fingerprint density at radius 3 is 2.41 bits per heavy atom. The molecule has 1 saturated carbocycles. The van der Waals surface area contributed by atoms with E-state index >= 15 is 0 Å². The number of carbonyl (C=O) groups is 1. The monoisotopic (exact) mass is 686 g/mol. The van der Waals surface area contributed by atoms with Crippen LogP contribution >= 0.6 is 34.8 Å². The average Bonchev–Trinajstić information content (AvgIpc) is 3.61. The van der Waals surface area contributed by atoms with Gasteiger partial charge in [0.1, 0.15) is 18.2 Å².